The van der Waals surface area contributed by atoms with Crippen molar-refractivity contribution in [3.8, 4) is 0 Å². The molecule has 0 spiro atoms. The molecule has 0 amide bonds. The van der Waals surface area contributed by atoms with Gasteiger partial charge in [0.2, 0.25) is 0 Å². The van der Waals surface area contributed by atoms with Gasteiger partial charge in [-0.05, 0) is 12.8 Å². The highest BCUT2D eigenvalue weighted by molar-refractivity contribution is 4.91. The Kier molecular flexibility index (Phi) is 4.07. The zero-order chi connectivity index (χ0) is 8.97. The van der Waals surface area contributed by atoms with Gasteiger partial charge in [0.25, 0.3) is 0 Å². The van der Waals surface area contributed by atoms with E-state index in [0.29, 0.717) is 0 Å². The fourth-order valence-electron chi connectivity index (χ4n) is 2.06. The van der Waals surface area contributed by atoms with Gasteiger partial charge in [-0.15, -0.1) is 13.5 Å². The first kappa shape index (κ1) is 10.0. The van der Waals surface area contributed by atoms with Gasteiger partial charge in [-0.2, -0.15) is 19.3 Å². The highest BCUT2D eigenvalue weighted by atomic mass is 15.1. The molecule has 1 heterocycles. The summed E-state index contributed by atoms with van der Waals surface area (Å²) in [7, 11) is 0. The van der Waals surface area contributed by atoms with E-state index in [9.17, 15) is 0 Å². The van der Waals surface area contributed by atoms with Gasteiger partial charge in [0.1, 0.15) is 0 Å². The van der Waals surface area contributed by atoms with Gasteiger partial charge < -0.3 is 10.8 Å². The molecular formula is C11H22N-. The largest absolute Gasteiger partial charge is 0.466 e. The van der Waals surface area contributed by atoms with Crippen LogP contribution in [0.25, 0.3) is 0 Å². The van der Waals surface area contributed by atoms with E-state index in [2.05, 4.69) is 27.3 Å². The van der Waals surface area contributed by atoms with Crippen LogP contribution in [0.15, 0.2) is 0 Å². The Bertz CT molecular complexity index is 114. The lowest BCUT2D eigenvalue weighted by atomic mass is 9.84. The van der Waals surface area contributed by atoms with Crippen LogP contribution < -0.4 is 4.90 Å². The van der Waals surface area contributed by atoms with Crippen molar-refractivity contribution in [2.75, 3.05) is 13.1 Å². The average molecular weight is 168 g/mol. The number of rotatable bonds is 3. The number of likely N-dealkylation sites (tertiary alicyclic amines) is 1. The molecule has 72 valence electrons. The second kappa shape index (κ2) is 4.86. The number of nitrogens with one attached hydrogen (secondary N) is 1. The molecule has 0 aromatic rings. The summed E-state index contributed by atoms with van der Waals surface area (Å²) in [6.45, 7) is 11.8. The summed E-state index contributed by atoms with van der Waals surface area (Å²) in [5.41, 5.74) is 0. The molecule has 12 heavy (non-hydrogen) atoms. The first-order valence-corrected chi connectivity index (χ1v) is 5.24. The van der Waals surface area contributed by atoms with Gasteiger partial charge in [-0.1, -0.05) is 6.92 Å². The van der Waals surface area contributed by atoms with Crippen molar-refractivity contribution in [1.82, 2.24) is 0 Å². The van der Waals surface area contributed by atoms with Crippen molar-refractivity contribution < 1.29 is 4.90 Å². The summed E-state index contributed by atoms with van der Waals surface area (Å²) in [6.07, 6.45) is 4.08. The highest BCUT2D eigenvalue weighted by Crippen LogP contribution is 2.24. The molecule has 0 bridgehead atoms. The Morgan fingerprint density at radius 2 is 2.00 bits per heavy atom. The van der Waals surface area contributed by atoms with Crippen LogP contribution in [0.3, 0.4) is 0 Å². The lowest BCUT2D eigenvalue weighted by molar-refractivity contribution is -0.875. The molecule has 1 fully saturated rings. The fraction of sp³-hybridized carbons (Fsp3) is 0.818. The van der Waals surface area contributed by atoms with Crippen molar-refractivity contribution in [3.05, 3.63) is 12.5 Å². The molecule has 0 aromatic heterocycles. The summed E-state index contributed by atoms with van der Waals surface area (Å²) < 4.78 is 0. The lowest BCUT2D eigenvalue weighted by Crippen LogP contribution is -3.10. The minimum absolute atomic E-state index is 0.929. The van der Waals surface area contributed by atoms with Crippen molar-refractivity contribution in [2.24, 2.45) is 5.92 Å². The van der Waals surface area contributed by atoms with Crippen LogP contribution in [0.1, 0.15) is 40.0 Å². The van der Waals surface area contributed by atoms with E-state index >= 15 is 0 Å². The zero-order valence-electron chi connectivity index (χ0n) is 8.69. The number of quaternary nitrogens is 1. The van der Waals surface area contributed by atoms with Gasteiger partial charge >= 0.3 is 0 Å². The van der Waals surface area contributed by atoms with E-state index in [1.807, 2.05) is 0 Å². The Balaban J connectivity index is 2.25. The predicted molar refractivity (Wildman–Crippen MR) is 52.6 cm³/mol. The number of hydrogen-bond donors (Lipinski definition) is 1. The molecule has 0 saturated carbocycles. The van der Waals surface area contributed by atoms with Crippen molar-refractivity contribution >= 4 is 0 Å². The first-order valence-electron chi connectivity index (χ1n) is 5.24. The molecule has 1 heteroatoms. The molecule has 1 nitrogen and oxygen atoms in total. The SMILES string of the molecule is C[CH-][NH+]1CCC([C-](C)CC)CC1. The van der Waals surface area contributed by atoms with Crippen LogP contribution in [-0.2, 0) is 0 Å². The van der Waals surface area contributed by atoms with Gasteiger partial charge in [0.05, 0.1) is 13.1 Å². The van der Waals surface area contributed by atoms with Gasteiger partial charge in [0.15, 0.2) is 0 Å². The Morgan fingerprint density at radius 1 is 1.42 bits per heavy atom. The van der Waals surface area contributed by atoms with Crippen LogP contribution >= 0.6 is 0 Å². The molecule has 1 aliphatic heterocycles. The molecule has 0 atom stereocenters. The van der Waals surface area contributed by atoms with E-state index < -0.39 is 0 Å². The second-order valence-corrected chi connectivity index (χ2v) is 3.92. The maximum atomic E-state index is 2.32. The molecule has 1 saturated heterocycles. The van der Waals surface area contributed by atoms with Crippen molar-refractivity contribution in [2.45, 2.75) is 40.0 Å². The maximum Gasteiger partial charge on any atom is 0.0509 e. The molecule has 0 radical (unpaired) electrons. The smallest absolute Gasteiger partial charge is 0.0509 e. The Labute approximate surface area is 77.1 Å². The second-order valence-electron chi connectivity index (χ2n) is 3.92. The Morgan fingerprint density at radius 3 is 2.42 bits per heavy atom. The van der Waals surface area contributed by atoms with Crippen molar-refractivity contribution in [1.29, 1.82) is 0 Å². The number of piperidine rings is 1. The van der Waals surface area contributed by atoms with Crippen LogP contribution in [0.5, 0.6) is 0 Å². The third kappa shape index (κ3) is 2.48. The van der Waals surface area contributed by atoms with E-state index in [0.717, 1.165) is 5.92 Å². The van der Waals surface area contributed by atoms with Crippen LogP contribution in [0.2, 0.25) is 0 Å². The molecule has 1 rings (SSSR count). The maximum absolute atomic E-state index is 2.32. The molecule has 0 aromatic carbocycles. The van der Waals surface area contributed by atoms with Crippen LogP contribution in [0, 0.1) is 18.4 Å². The summed E-state index contributed by atoms with van der Waals surface area (Å²) in [5, 5.41) is 0. The lowest BCUT2D eigenvalue weighted by Gasteiger charge is -2.42. The quantitative estimate of drug-likeness (QED) is 0.609. The summed E-state index contributed by atoms with van der Waals surface area (Å²) >= 11 is 0. The predicted octanol–water partition coefficient (Wildman–Crippen LogP) is 1.47. The topological polar surface area (TPSA) is 4.44 Å². The van der Waals surface area contributed by atoms with Crippen LogP contribution in [0.4, 0.5) is 0 Å². The zero-order valence-corrected chi connectivity index (χ0v) is 8.69. The molecule has 1 aliphatic rings. The molecule has 0 unspecified atom stereocenters. The average Bonchev–Trinajstić information content (AvgIpc) is 2.17. The van der Waals surface area contributed by atoms with E-state index in [1.54, 1.807) is 10.8 Å². The number of hydrogen-bond acceptors (Lipinski definition) is 0. The minimum Gasteiger partial charge on any atom is -0.466 e. The Hall–Kier alpha value is -0.0400. The van der Waals surface area contributed by atoms with E-state index in [4.69, 9.17) is 0 Å². The molecule has 0 aliphatic carbocycles. The van der Waals surface area contributed by atoms with Crippen molar-refractivity contribution in [3.63, 3.8) is 0 Å². The van der Waals surface area contributed by atoms with Gasteiger partial charge in [-0.3, -0.25) is 0 Å². The summed E-state index contributed by atoms with van der Waals surface area (Å²) in [5.74, 6) is 2.64. The monoisotopic (exact) mass is 168 g/mol. The molecule has 1 N–H and O–H groups in total. The summed E-state index contributed by atoms with van der Waals surface area (Å²) in [6, 6.07) is 0. The minimum atomic E-state index is 0.929. The third-order valence-electron chi connectivity index (χ3n) is 3.29. The fourth-order valence-corrected chi connectivity index (χ4v) is 2.06. The normalized spacial score (nSPS) is 31.0. The van der Waals surface area contributed by atoms with Crippen LogP contribution in [-0.4, -0.2) is 13.1 Å². The van der Waals surface area contributed by atoms with E-state index in [-0.39, 0.29) is 0 Å². The van der Waals surface area contributed by atoms with Gasteiger partial charge in [-0.25, -0.2) is 0 Å². The third-order valence-corrected chi connectivity index (χ3v) is 3.29. The standard InChI is InChI=1S/C11H22N/c1-4-10(3)11-6-8-12(5-2)9-7-11/h5,11-12H,4,6-9H2,1-3H3/q-1. The molecular weight excluding hydrogens is 146 g/mol. The van der Waals surface area contributed by atoms with Gasteiger partial charge in [0, 0.05) is 0 Å². The highest BCUT2D eigenvalue weighted by Gasteiger charge is 2.13. The summed E-state index contributed by atoms with van der Waals surface area (Å²) in [4.78, 5) is 1.68. The van der Waals surface area contributed by atoms with E-state index in [1.165, 1.54) is 32.4 Å². The first-order chi connectivity index (χ1) is 5.77.